The molecule has 0 spiro atoms. The number of halogens is 1. The van der Waals surface area contributed by atoms with Crippen LogP contribution in [-0.4, -0.2) is 21.2 Å². The Morgan fingerprint density at radius 1 is 1.35 bits per heavy atom. The normalized spacial score (nSPS) is 10.4. The number of nitrogens with zero attached hydrogens (tertiary/aromatic N) is 2. The van der Waals surface area contributed by atoms with Crippen molar-refractivity contribution in [3.8, 4) is 16.3 Å². The van der Waals surface area contributed by atoms with Crippen molar-refractivity contribution in [3.05, 3.63) is 52.8 Å². The predicted octanol–water partition coefficient (Wildman–Crippen LogP) is 3.41. The fourth-order valence-corrected chi connectivity index (χ4v) is 2.64. The quantitative estimate of drug-likeness (QED) is 0.753. The SMILES string of the molecule is O=C(Oc1cc[nH]n1)c1ncsc1-c1cccc(Cl)c1. The maximum absolute atomic E-state index is 12.1. The summed E-state index contributed by atoms with van der Waals surface area (Å²) >= 11 is 7.32. The molecule has 100 valence electrons. The van der Waals surface area contributed by atoms with Crippen LogP contribution in [0.1, 0.15) is 10.5 Å². The second-order valence-electron chi connectivity index (χ2n) is 3.84. The van der Waals surface area contributed by atoms with Gasteiger partial charge < -0.3 is 4.74 Å². The molecule has 0 aliphatic rings. The molecule has 0 saturated carbocycles. The summed E-state index contributed by atoms with van der Waals surface area (Å²) in [6.07, 6.45) is 1.57. The van der Waals surface area contributed by atoms with Gasteiger partial charge in [0, 0.05) is 17.3 Å². The van der Waals surface area contributed by atoms with E-state index in [1.807, 2.05) is 12.1 Å². The van der Waals surface area contributed by atoms with Gasteiger partial charge in [-0.15, -0.1) is 16.4 Å². The van der Waals surface area contributed by atoms with E-state index in [0.29, 0.717) is 9.90 Å². The van der Waals surface area contributed by atoms with E-state index in [0.717, 1.165) is 5.56 Å². The largest absolute Gasteiger partial charge is 0.401 e. The lowest BCUT2D eigenvalue weighted by Gasteiger charge is -2.02. The molecule has 0 saturated heterocycles. The lowest BCUT2D eigenvalue weighted by Crippen LogP contribution is -2.10. The molecule has 3 aromatic rings. The molecule has 0 aliphatic heterocycles. The third-order valence-corrected chi connectivity index (χ3v) is 3.63. The molecule has 2 aromatic heterocycles. The van der Waals surface area contributed by atoms with E-state index in [9.17, 15) is 4.79 Å². The zero-order chi connectivity index (χ0) is 13.9. The molecule has 0 unspecified atom stereocenters. The van der Waals surface area contributed by atoms with Crippen LogP contribution < -0.4 is 4.74 Å². The first kappa shape index (κ1) is 12.8. The zero-order valence-corrected chi connectivity index (χ0v) is 11.6. The Labute approximate surface area is 123 Å². The maximum Gasteiger partial charge on any atom is 0.365 e. The summed E-state index contributed by atoms with van der Waals surface area (Å²) in [7, 11) is 0. The van der Waals surface area contributed by atoms with Crippen LogP contribution in [0, 0.1) is 0 Å². The number of esters is 1. The number of carbonyl (C=O) groups is 1. The van der Waals surface area contributed by atoms with Gasteiger partial charge >= 0.3 is 5.97 Å². The van der Waals surface area contributed by atoms with Gasteiger partial charge in [-0.1, -0.05) is 23.7 Å². The van der Waals surface area contributed by atoms with E-state index in [1.54, 1.807) is 29.9 Å². The van der Waals surface area contributed by atoms with Gasteiger partial charge in [0.1, 0.15) is 0 Å². The third kappa shape index (κ3) is 2.56. The fourth-order valence-electron chi connectivity index (χ4n) is 1.67. The highest BCUT2D eigenvalue weighted by atomic mass is 35.5. The van der Waals surface area contributed by atoms with Crippen molar-refractivity contribution in [1.82, 2.24) is 15.2 Å². The number of hydrogen-bond donors (Lipinski definition) is 1. The van der Waals surface area contributed by atoms with Crippen molar-refractivity contribution in [1.29, 1.82) is 0 Å². The number of rotatable bonds is 3. The highest BCUT2D eigenvalue weighted by Gasteiger charge is 2.19. The Kier molecular flexibility index (Phi) is 3.49. The Morgan fingerprint density at radius 2 is 2.25 bits per heavy atom. The van der Waals surface area contributed by atoms with Crippen molar-refractivity contribution >= 4 is 28.9 Å². The van der Waals surface area contributed by atoms with E-state index >= 15 is 0 Å². The second-order valence-corrected chi connectivity index (χ2v) is 5.13. The molecule has 7 heteroatoms. The van der Waals surface area contributed by atoms with Crippen LogP contribution in [-0.2, 0) is 0 Å². The lowest BCUT2D eigenvalue weighted by molar-refractivity contribution is 0.0723. The summed E-state index contributed by atoms with van der Waals surface area (Å²) in [5.74, 6) is -0.339. The van der Waals surface area contributed by atoms with Gasteiger partial charge in [0.25, 0.3) is 0 Å². The molecule has 0 radical (unpaired) electrons. The minimum atomic E-state index is -0.548. The minimum Gasteiger partial charge on any atom is -0.401 e. The maximum atomic E-state index is 12.1. The fraction of sp³-hybridized carbons (Fsp3) is 0. The van der Waals surface area contributed by atoms with Crippen molar-refractivity contribution in [2.75, 3.05) is 0 Å². The van der Waals surface area contributed by atoms with E-state index < -0.39 is 5.97 Å². The van der Waals surface area contributed by atoms with Crippen molar-refractivity contribution in [2.45, 2.75) is 0 Å². The molecular formula is C13H8ClN3O2S. The summed E-state index contributed by atoms with van der Waals surface area (Å²) in [6, 6.07) is 8.79. The molecule has 20 heavy (non-hydrogen) atoms. The first-order valence-electron chi connectivity index (χ1n) is 5.65. The summed E-state index contributed by atoms with van der Waals surface area (Å²) in [5, 5.41) is 6.94. The van der Waals surface area contributed by atoms with E-state index in [2.05, 4.69) is 15.2 Å². The van der Waals surface area contributed by atoms with Crippen LogP contribution in [0.15, 0.2) is 42.0 Å². The van der Waals surface area contributed by atoms with Crippen LogP contribution in [0.25, 0.3) is 10.4 Å². The second kappa shape index (κ2) is 5.44. The lowest BCUT2D eigenvalue weighted by atomic mass is 10.1. The van der Waals surface area contributed by atoms with Gasteiger partial charge in [0.15, 0.2) is 5.69 Å². The predicted molar refractivity (Wildman–Crippen MR) is 76.1 cm³/mol. The molecule has 1 aromatic carbocycles. The van der Waals surface area contributed by atoms with Crippen molar-refractivity contribution in [2.24, 2.45) is 0 Å². The zero-order valence-electron chi connectivity index (χ0n) is 10.0. The van der Waals surface area contributed by atoms with Gasteiger partial charge in [-0.05, 0) is 17.7 Å². The number of ether oxygens (including phenoxy) is 1. The number of nitrogens with one attached hydrogen (secondary N) is 1. The number of hydrogen-bond acceptors (Lipinski definition) is 5. The molecule has 0 amide bonds. The van der Waals surface area contributed by atoms with Crippen LogP contribution in [0.2, 0.25) is 5.02 Å². The van der Waals surface area contributed by atoms with Gasteiger partial charge in [0.05, 0.1) is 10.4 Å². The summed E-state index contributed by atoms with van der Waals surface area (Å²) < 4.78 is 5.12. The topological polar surface area (TPSA) is 67.9 Å². The van der Waals surface area contributed by atoms with Crippen molar-refractivity contribution < 1.29 is 9.53 Å². The molecule has 0 atom stereocenters. The first-order chi connectivity index (χ1) is 9.74. The molecule has 2 heterocycles. The smallest absolute Gasteiger partial charge is 0.365 e. The average Bonchev–Trinajstić information content (AvgIpc) is 3.09. The van der Waals surface area contributed by atoms with Gasteiger partial charge in [-0.2, -0.15) is 0 Å². The van der Waals surface area contributed by atoms with Crippen LogP contribution in [0.3, 0.4) is 0 Å². The van der Waals surface area contributed by atoms with Crippen LogP contribution in [0.5, 0.6) is 5.88 Å². The molecular weight excluding hydrogens is 298 g/mol. The molecule has 3 rings (SSSR count). The third-order valence-electron chi connectivity index (χ3n) is 2.52. The molecule has 1 N–H and O–H groups in total. The number of aromatic nitrogens is 3. The highest BCUT2D eigenvalue weighted by molar-refractivity contribution is 7.13. The Balaban J connectivity index is 1.92. The minimum absolute atomic E-state index is 0.208. The molecule has 0 aliphatic carbocycles. The Hall–Kier alpha value is -2.18. The van der Waals surface area contributed by atoms with Crippen LogP contribution in [0.4, 0.5) is 0 Å². The van der Waals surface area contributed by atoms with Gasteiger partial charge in [0.2, 0.25) is 5.88 Å². The van der Waals surface area contributed by atoms with E-state index in [4.69, 9.17) is 16.3 Å². The average molecular weight is 306 g/mol. The number of thiazole rings is 1. The van der Waals surface area contributed by atoms with Crippen LogP contribution >= 0.6 is 22.9 Å². The standard InChI is InChI=1S/C13H8ClN3O2S/c14-9-3-1-2-8(6-9)12-11(15-7-20-12)13(18)19-10-4-5-16-17-10/h1-7H,(H,16,17). The summed E-state index contributed by atoms with van der Waals surface area (Å²) in [6.45, 7) is 0. The Morgan fingerprint density at radius 3 is 3.00 bits per heavy atom. The first-order valence-corrected chi connectivity index (χ1v) is 6.91. The highest BCUT2D eigenvalue weighted by Crippen LogP contribution is 2.30. The van der Waals surface area contributed by atoms with Crippen molar-refractivity contribution in [3.63, 3.8) is 0 Å². The number of carbonyl (C=O) groups excluding carboxylic acids is 1. The summed E-state index contributed by atoms with van der Waals surface area (Å²) in [5.41, 5.74) is 2.67. The molecule has 5 nitrogen and oxygen atoms in total. The Bertz CT molecular complexity index is 740. The monoisotopic (exact) mass is 305 g/mol. The molecule has 0 bridgehead atoms. The number of H-pyrrole nitrogens is 1. The number of aromatic amines is 1. The van der Waals surface area contributed by atoms with Gasteiger partial charge in [-0.25, -0.2) is 9.78 Å². The summed E-state index contributed by atoms with van der Waals surface area (Å²) in [4.78, 5) is 16.9. The van der Waals surface area contributed by atoms with E-state index in [-0.39, 0.29) is 11.6 Å². The number of benzene rings is 1. The van der Waals surface area contributed by atoms with E-state index in [1.165, 1.54) is 11.3 Å². The van der Waals surface area contributed by atoms with Gasteiger partial charge in [-0.3, -0.25) is 5.10 Å². The molecule has 0 fully saturated rings.